The predicted molar refractivity (Wildman–Crippen MR) is 57.2 cm³/mol. The number of hydrogen-bond acceptors (Lipinski definition) is 4. The van der Waals surface area contributed by atoms with Gasteiger partial charge in [-0.05, 0) is 28.8 Å². The van der Waals surface area contributed by atoms with Gasteiger partial charge in [0.1, 0.15) is 0 Å². The molecule has 1 N–H and O–H groups in total. The molecule has 0 spiro atoms. The van der Waals surface area contributed by atoms with Crippen molar-refractivity contribution < 1.29 is 5.11 Å². The van der Waals surface area contributed by atoms with Crippen LogP contribution in [0.15, 0.2) is 16.9 Å². The van der Waals surface area contributed by atoms with Crippen LogP contribution in [-0.2, 0) is 0 Å². The molecule has 1 saturated heterocycles. The van der Waals surface area contributed by atoms with Gasteiger partial charge in [-0.2, -0.15) is 0 Å². The van der Waals surface area contributed by atoms with E-state index in [0.717, 1.165) is 23.9 Å². The van der Waals surface area contributed by atoms with Crippen molar-refractivity contribution in [1.82, 2.24) is 9.97 Å². The maximum Gasteiger partial charge on any atom is 0.225 e. The van der Waals surface area contributed by atoms with Crippen LogP contribution in [0.3, 0.4) is 0 Å². The van der Waals surface area contributed by atoms with Crippen molar-refractivity contribution in [3.63, 3.8) is 0 Å². The molecule has 1 aromatic rings. The van der Waals surface area contributed by atoms with Gasteiger partial charge in [0.15, 0.2) is 0 Å². The minimum absolute atomic E-state index is 0.240. The van der Waals surface area contributed by atoms with Gasteiger partial charge in [-0.1, -0.05) is 0 Å². The zero-order chi connectivity index (χ0) is 9.97. The normalized spacial score (nSPS) is 22.4. The van der Waals surface area contributed by atoms with E-state index in [1.54, 1.807) is 12.4 Å². The smallest absolute Gasteiger partial charge is 0.225 e. The number of nitrogens with zero attached hydrogens (tertiary/aromatic N) is 3. The molecule has 1 atom stereocenters. The molecule has 76 valence electrons. The first kappa shape index (κ1) is 9.86. The Morgan fingerprint density at radius 2 is 2.14 bits per heavy atom. The highest BCUT2D eigenvalue weighted by atomic mass is 79.9. The van der Waals surface area contributed by atoms with Crippen LogP contribution < -0.4 is 4.90 Å². The van der Waals surface area contributed by atoms with Gasteiger partial charge in [-0.25, -0.2) is 9.97 Å². The molecular formula is C9H12BrN3O. The first-order chi connectivity index (χ1) is 6.75. The molecule has 1 aliphatic rings. The highest BCUT2D eigenvalue weighted by Gasteiger charge is 2.19. The van der Waals surface area contributed by atoms with Crippen LogP contribution >= 0.6 is 15.9 Å². The minimum atomic E-state index is -0.240. The Morgan fingerprint density at radius 1 is 1.43 bits per heavy atom. The van der Waals surface area contributed by atoms with Crippen LogP contribution in [-0.4, -0.2) is 34.3 Å². The molecule has 14 heavy (non-hydrogen) atoms. The van der Waals surface area contributed by atoms with Crippen molar-refractivity contribution >= 4 is 21.9 Å². The second kappa shape index (κ2) is 4.23. The third kappa shape index (κ3) is 2.22. The van der Waals surface area contributed by atoms with Crippen LogP contribution in [0.2, 0.25) is 0 Å². The van der Waals surface area contributed by atoms with Crippen molar-refractivity contribution in [3.8, 4) is 0 Å². The SMILES string of the molecule is OC1CCCN(c2ncc(Br)cn2)C1. The highest BCUT2D eigenvalue weighted by molar-refractivity contribution is 9.10. The molecule has 0 saturated carbocycles. The molecule has 1 aromatic heterocycles. The van der Waals surface area contributed by atoms with Crippen molar-refractivity contribution in [1.29, 1.82) is 0 Å². The molecule has 4 nitrogen and oxygen atoms in total. The van der Waals surface area contributed by atoms with Gasteiger partial charge < -0.3 is 10.0 Å². The molecule has 0 bridgehead atoms. The van der Waals surface area contributed by atoms with Gasteiger partial charge in [0.05, 0.1) is 10.6 Å². The van der Waals surface area contributed by atoms with Crippen LogP contribution in [0.1, 0.15) is 12.8 Å². The average molecular weight is 258 g/mol. The first-order valence-electron chi connectivity index (χ1n) is 4.66. The standard InChI is InChI=1S/C9H12BrN3O/c10-7-4-11-9(12-5-7)13-3-1-2-8(14)6-13/h4-5,8,14H,1-3,6H2. The monoisotopic (exact) mass is 257 g/mol. The molecule has 0 aromatic carbocycles. The molecule has 1 fully saturated rings. The third-order valence-corrected chi connectivity index (χ3v) is 2.70. The molecule has 0 aliphatic carbocycles. The van der Waals surface area contributed by atoms with E-state index in [-0.39, 0.29) is 6.10 Å². The van der Waals surface area contributed by atoms with Crippen molar-refractivity contribution in [2.45, 2.75) is 18.9 Å². The number of β-amino-alcohol motifs (C(OH)–C–C–N with tert-alkyl or cyclic N) is 1. The number of aromatic nitrogens is 2. The van der Waals surface area contributed by atoms with Gasteiger partial charge in [0.2, 0.25) is 5.95 Å². The summed E-state index contributed by atoms with van der Waals surface area (Å²) in [6, 6.07) is 0. The van der Waals surface area contributed by atoms with Crippen LogP contribution in [0, 0.1) is 0 Å². The van der Waals surface area contributed by atoms with E-state index in [4.69, 9.17) is 0 Å². The molecule has 0 amide bonds. The fourth-order valence-electron chi connectivity index (χ4n) is 1.61. The third-order valence-electron chi connectivity index (χ3n) is 2.29. The number of halogens is 1. The lowest BCUT2D eigenvalue weighted by Gasteiger charge is -2.29. The van der Waals surface area contributed by atoms with Crippen molar-refractivity contribution in [2.75, 3.05) is 18.0 Å². The van der Waals surface area contributed by atoms with Crippen molar-refractivity contribution in [2.24, 2.45) is 0 Å². The molecule has 0 radical (unpaired) electrons. The zero-order valence-corrected chi connectivity index (χ0v) is 9.31. The van der Waals surface area contributed by atoms with E-state index in [1.807, 2.05) is 4.90 Å². The first-order valence-corrected chi connectivity index (χ1v) is 5.45. The lowest BCUT2D eigenvalue weighted by Crippen LogP contribution is -2.39. The molecule has 1 unspecified atom stereocenters. The lowest BCUT2D eigenvalue weighted by molar-refractivity contribution is 0.153. The maximum atomic E-state index is 9.49. The van der Waals surface area contributed by atoms with Gasteiger partial charge in [-0.3, -0.25) is 0 Å². The number of piperidine rings is 1. The van der Waals surface area contributed by atoms with Crippen LogP contribution in [0.5, 0.6) is 0 Å². The van der Waals surface area contributed by atoms with E-state index in [9.17, 15) is 5.11 Å². The van der Waals surface area contributed by atoms with E-state index in [1.165, 1.54) is 0 Å². The summed E-state index contributed by atoms with van der Waals surface area (Å²) < 4.78 is 0.874. The summed E-state index contributed by atoms with van der Waals surface area (Å²) in [7, 11) is 0. The number of aliphatic hydroxyl groups is 1. The lowest BCUT2D eigenvalue weighted by atomic mass is 10.1. The second-order valence-corrected chi connectivity index (χ2v) is 4.36. The van der Waals surface area contributed by atoms with Gasteiger partial charge in [0, 0.05) is 25.5 Å². The Hall–Kier alpha value is -0.680. The molecular weight excluding hydrogens is 246 g/mol. The summed E-state index contributed by atoms with van der Waals surface area (Å²) >= 11 is 3.29. The maximum absolute atomic E-state index is 9.49. The number of hydrogen-bond donors (Lipinski definition) is 1. The van der Waals surface area contributed by atoms with E-state index in [2.05, 4.69) is 25.9 Å². The summed E-state index contributed by atoms with van der Waals surface area (Å²) in [6.07, 6.45) is 5.09. The Morgan fingerprint density at radius 3 is 2.79 bits per heavy atom. The number of rotatable bonds is 1. The van der Waals surface area contributed by atoms with Crippen LogP contribution in [0.4, 0.5) is 5.95 Å². The Bertz CT molecular complexity index is 303. The topological polar surface area (TPSA) is 49.2 Å². The van der Waals surface area contributed by atoms with Crippen LogP contribution in [0.25, 0.3) is 0 Å². The Balaban J connectivity index is 2.10. The largest absolute Gasteiger partial charge is 0.391 e. The Kier molecular flexibility index (Phi) is 2.98. The van der Waals surface area contributed by atoms with Gasteiger partial charge >= 0.3 is 0 Å². The summed E-state index contributed by atoms with van der Waals surface area (Å²) in [6.45, 7) is 1.57. The second-order valence-electron chi connectivity index (χ2n) is 3.44. The molecule has 2 rings (SSSR count). The molecule has 2 heterocycles. The van der Waals surface area contributed by atoms with Gasteiger partial charge in [-0.15, -0.1) is 0 Å². The van der Waals surface area contributed by atoms with Crippen molar-refractivity contribution in [3.05, 3.63) is 16.9 Å². The predicted octanol–water partition coefficient (Wildman–Crippen LogP) is 1.20. The summed E-state index contributed by atoms with van der Waals surface area (Å²) in [5, 5.41) is 9.49. The Labute approximate surface area is 91.1 Å². The quantitative estimate of drug-likeness (QED) is 0.822. The number of aliphatic hydroxyl groups excluding tert-OH is 1. The zero-order valence-electron chi connectivity index (χ0n) is 7.73. The average Bonchev–Trinajstić information content (AvgIpc) is 2.19. The minimum Gasteiger partial charge on any atom is -0.391 e. The fraction of sp³-hybridized carbons (Fsp3) is 0.556. The number of anilines is 1. The molecule has 5 heteroatoms. The summed E-state index contributed by atoms with van der Waals surface area (Å²) in [4.78, 5) is 10.4. The van der Waals surface area contributed by atoms with E-state index >= 15 is 0 Å². The molecule has 1 aliphatic heterocycles. The highest BCUT2D eigenvalue weighted by Crippen LogP contribution is 2.16. The van der Waals surface area contributed by atoms with Gasteiger partial charge in [0.25, 0.3) is 0 Å². The van der Waals surface area contributed by atoms with E-state index < -0.39 is 0 Å². The summed E-state index contributed by atoms with van der Waals surface area (Å²) in [5.41, 5.74) is 0. The summed E-state index contributed by atoms with van der Waals surface area (Å²) in [5.74, 6) is 0.701. The fourth-order valence-corrected chi connectivity index (χ4v) is 1.81. The van der Waals surface area contributed by atoms with E-state index in [0.29, 0.717) is 12.5 Å².